The van der Waals surface area contributed by atoms with Gasteiger partial charge in [0, 0.05) is 15.7 Å². The van der Waals surface area contributed by atoms with Gasteiger partial charge in [0.05, 0.1) is 11.6 Å². The number of rotatable bonds is 4. The summed E-state index contributed by atoms with van der Waals surface area (Å²) >= 11 is 8.02. The minimum absolute atomic E-state index is 0.153. The van der Waals surface area contributed by atoms with Crippen LogP contribution >= 0.6 is 34.2 Å². The van der Waals surface area contributed by atoms with E-state index < -0.39 is 0 Å². The maximum absolute atomic E-state index is 12.0. The zero-order valence-electron chi connectivity index (χ0n) is 10.2. The second-order valence-corrected chi connectivity index (χ2v) is 5.41. The van der Waals surface area contributed by atoms with Gasteiger partial charge in [-0.1, -0.05) is 11.6 Å². The highest BCUT2D eigenvalue weighted by Crippen LogP contribution is 2.19. The average Bonchev–Trinajstić information content (AvgIpc) is 2.86. The van der Waals surface area contributed by atoms with Crippen LogP contribution in [0.3, 0.4) is 0 Å². The molecule has 0 aliphatic carbocycles. The fraction of sp³-hybridized carbons (Fsp3) is 0.250. The molecule has 0 unspecified atom stereocenters. The molecule has 0 spiro atoms. The molecular formula is C12H12ClIN4O. The molecule has 5 nitrogen and oxygen atoms in total. The van der Waals surface area contributed by atoms with Crippen LogP contribution in [-0.2, 0) is 13.1 Å². The Bertz CT molecular complexity index is 599. The molecule has 1 heterocycles. The third kappa shape index (κ3) is 3.44. The molecule has 0 bridgehead atoms. The Morgan fingerprint density at radius 2 is 2.32 bits per heavy atom. The molecule has 19 heavy (non-hydrogen) atoms. The Morgan fingerprint density at radius 3 is 3.00 bits per heavy atom. The lowest BCUT2D eigenvalue weighted by atomic mass is 10.2. The second-order valence-electron chi connectivity index (χ2n) is 3.84. The number of nitrogens with one attached hydrogen (secondary N) is 1. The minimum atomic E-state index is -0.153. The second kappa shape index (κ2) is 6.33. The van der Waals surface area contributed by atoms with Crippen molar-refractivity contribution in [3.8, 4) is 0 Å². The fourth-order valence-corrected chi connectivity index (χ4v) is 2.21. The van der Waals surface area contributed by atoms with Crippen LogP contribution in [0, 0.1) is 3.57 Å². The Morgan fingerprint density at radius 1 is 1.53 bits per heavy atom. The van der Waals surface area contributed by atoms with Crippen molar-refractivity contribution in [1.29, 1.82) is 0 Å². The monoisotopic (exact) mass is 390 g/mol. The van der Waals surface area contributed by atoms with Crippen LogP contribution in [0.2, 0.25) is 5.02 Å². The summed E-state index contributed by atoms with van der Waals surface area (Å²) in [5.74, 6) is 0.583. The lowest BCUT2D eigenvalue weighted by Gasteiger charge is -2.06. The van der Waals surface area contributed by atoms with Gasteiger partial charge < -0.3 is 9.88 Å². The number of hydrogen-bond acceptors (Lipinski definition) is 3. The summed E-state index contributed by atoms with van der Waals surface area (Å²) in [4.78, 5) is 12.0. The maximum atomic E-state index is 12.0. The molecule has 0 saturated carbocycles. The van der Waals surface area contributed by atoms with Crippen LogP contribution in [0.4, 0.5) is 0 Å². The van der Waals surface area contributed by atoms with Gasteiger partial charge in [-0.25, -0.2) is 0 Å². The van der Waals surface area contributed by atoms with Crippen molar-refractivity contribution in [1.82, 2.24) is 20.1 Å². The Balaban J connectivity index is 2.03. The van der Waals surface area contributed by atoms with E-state index in [1.54, 1.807) is 24.5 Å². The van der Waals surface area contributed by atoms with Gasteiger partial charge in [-0.15, -0.1) is 10.2 Å². The fourth-order valence-electron chi connectivity index (χ4n) is 1.58. The van der Waals surface area contributed by atoms with E-state index in [-0.39, 0.29) is 5.91 Å². The molecule has 0 radical (unpaired) electrons. The van der Waals surface area contributed by atoms with Gasteiger partial charge in [-0.05, 0) is 47.7 Å². The largest absolute Gasteiger partial charge is 0.345 e. The SMILES string of the molecule is CCn1cnnc1CNC(=O)c1ccc(Cl)c(I)c1. The average molecular weight is 391 g/mol. The van der Waals surface area contributed by atoms with E-state index in [2.05, 4.69) is 38.1 Å². The highest BCUT2D eigenvalue weighted by Gasteiger charge is 2.09. The van der Waals surface area contributed by atoms with E-state index in [0.29, 0.717) is 17.1 Å². The lowest BCUT2D eigenvalue weighted by molar-refractivity contribution is 0.0949. The zero-order chi connectivity index (χ0) is 13.8. The molecule has 0 fully saturated rings. The Kier molecular flexibility index (Phi) is 4.76. The molecule has 7 heteroatoms. The number of halogens is 2. The first-order valence-electron chi connectivity index (χ1n) is 5.71. The number of hydrogen-bond donors (Lipinski definition) is 1. The molecule has 2 rings (SSSR count). The van der Waals surface area contributed by atoms with Crippen LogP contribution in [-0.4, -0.2) is 20.7 Å². The van der Waals surface area contributed by atoms with Crippen LogP contribution in [0.1, 0.15) is 23.1 Å². The molecule has 0 saturated heterocycles. The van der Waals surface area contributed by atoms with Crippen molar-refractivity contribution in [2.45, 2.75) is 20.0 Å². The van der Waals surface area contributed by atoms with Gasteiger partial charge in [-0.2, -0.15) is 0 Å². The predicted molar refractivity (Wildman–Crippen MR) is 81.0 cm³/mol. The summed E-state index contributed by atoms with van der Waals surface area (Å²) in [7, 11) is 0. The van der Waals surface area contributed by atoms with E-state index >= 15 is 0 Å². The summed E-state index contributed by atoms with van der Waals surface area (Å²) in [6, 6.07) is 5.17. The molecule has 100 valence electrons. The van der Waals surface area contributed by atoms with Gasteiger partial charge in [0.1, 0.15) is 6.33 Å². The maximum Gasteiger partial charge on any atom is 0.251 e. The van der Waals surface area contributed by atoms with Gasteiger partial charge in [-0.3, -0.25) is 4.79 Å². The van der Waals surface area contributed by atoms with E-state index in [0.717, 1.165) is 15.9 Å². The molecule has 1 aromatic carbocycles. The van der Waals surface area contributed by atoms with Gasteiger partial charge in [0.2, 0.25) is 0 Å². The number of carbonyl (C=O) groups is 1. The van der Waals surface area contributed by atoms with Crippen molar-refractivity contribution in [3.05, 3.63) is 44.5 Å². The molecular weight excluding hydrogens is 379 g/mol. The quantitative estimate of drug-likeness (QED) is 0.816. The minimum Gasteiger partial charge on any atom is -0.345 e. The first-order chi connectivity index (χ1) is 9.11. The molecule has 1 amide bonds. The van der Waals surface area contributed by atoms with E-state index in [4.69, 9.17) is 11.6 Å². The molecule has 0 aliphatic rings. The van der Waals surface area contributed by atoms with Crippen molar-refractivity contribution in [2.24, 2.45) is 0 Å². The van der Waals surface area contributed by atoms with E-state index in [1.165, 1.54) is 0 Å². The van der Waals surface area contributed by atoms with Crippen molar-refractivity contribution in [2.75, 3.05) is 0 Å². The van der Waals surface area contributed by atoms with E-state index in [1.807, 2.05) is 11.5 Å². The van der Waals surface area contributed by atoms with Gasteiger partial charge >= 0.3 is 0 Å². The third-order valence-electron chi connectivity index (χ3n) is 2.63. The number of amides is 1. The molecule has 2 aromatic rings. The standard InChI is InChI=1S/C12H12ClIN4O/c1-2-18-7-16-17-11(18)6-15-12(19)8-3-4-9(13)10(14)5-8/h3-5,7H,2,6H2,1H3,(H,15,19). The Labute approximate surface area is 129 Å². The normalized spacial score (nSPS) is 10.5. The summed E-state index contributed by atoms with van der Waals surface area (Å²) in [6.45, 7) is 3.12. The summed E-state index contributed by atoms with van der Waals surface area (Å²) in [5.41, 5.74) is 0.580. The number of carbonyl (C=O) groups excluding carboxylic acids is 1. The van der Waals surface area contributed by atoms with Crippen molar-refractivity contribution >= 4 is 40.1 Å². The topological polar surface area (TPSA) is 59.8 Å². The van der Waals surface area contributed by atoms with Crippen molar-refractivity contribution in [3.63, 3.8) is 0 Å². The predicted octanol–water partition coefficient (Wildman–Crippen LogP) is 2.49. The smallest absolute Gasteiger partial charge is 0.251 e. The number of aryl methyl sites for hydroxylation is 1. The van der Waals surface area contributed by atoms with Gasteiger partial charge in [0.25, 0.3) is 5.91 Å². The van der Waals surface area contributed by atoms with Crippen LogP contribution in [0.15, 0.2) is 24.5 Å². The van der Waals surface area contributed by atoms with Crippen molar-refractivity contribution < 1.29 is 4.79 Å². The molecule has 0 aliphatic heterocycles. The molecule has 1 N–H and O–H groups in total. The summed E-state index contributed by atoms with van der Waals surface area (Å²) < 4.78 is 2.73. The van der Waals surface area contributed by atoms with Gasteiger partial charge in [0.15, 0.2) is 5.82 Å². The Hall–Kier alpha value is -1.15. The van der Waals surface area contributed by atoms with Crippen LogP contribution in [0.25, 0.3) is 0 Å². The number of benzene rings is 1. The number of nitrogens with zero attached hydrogens (tertiary/aromatic N) is 3. The van der Waals surface area contributed by atoms with Crippen LogP contribution in [0.5, 0.6) is 0 Å². The lowest BCUT2D eigenvalue weighted by Crippen LogP contribution is -2.24. The highest BCUT2D eigenvalue weighted by atomic mass is 127. The summed E-state index contributed by atoms with van der Waals surface area (Å²) in [6.07, 6.45) is 1.65. The first kappa shape index (κ1) is 14.3. The zero-order valence-corrected chi connectivity index (χ0v) is 13.1. The summed E-state index contributed by atoms with van der Waals surface area (Å²) in [5, 5.41) is 11.2. The molecule has 0 atom stereocenters. The third-order valence-corrected chi connectivity index (χ3v) is 4.17. The molecule has 1 aromatic heterocycles. The number of aromatic nitrogens is 3. The van der Waals surface area contributed by atoms with Crippen LogP contribution < -0.4 is 5.32 Å². The first-order valence-corrected chi connectivity index (χ1v) is 7.17. The highest BCUT2D eigenvalue weighted by molar-refractivity contribution is 14.1. The van der Waals surface area contributed by atoms with E-state index in [9.17, 15) is 4.79 Å².